The fourth-order valence-corrected chi connectivity index (χ4v) is 2.39. The molecule has 1 aromatic rings. The van der Waals surface area contributed by atoms with E-state index >= 15 is 0 Å². The van der Waals surface area contributed by atoms with Gasteiger partial charge in [0.2, 0.25) is 0 Å². The van der Waals surface area contributed by atoms with Crippen LogP contribution in [0.25, 0.3) is 0 Å². The summed E-state index contributed by atoms with van der Waals surface area (Å²) in [5.41, 5.74) is 2.43. The van der Waals surface area contributed by atoms with E-state index in [9.17, 15) is 0 Å². The van der Waals surface area contributed by atoms with Gasteiger partial charge in [0.25, 0.3) is 0 Å². The van der Waals surface area contributed by atoms with E-state index in [4.69, 9.17) is 9.47 Å². The fourth-order valence-electron chi connectivity index (χ4n) is 2.39. The highest BCUT2D eigenvalue weighted by molar-refractivity contribution is 5.43. The number of methoxy groups -OCH3 is 1. The number of ether oxygens (including phenoxy) is 2. The zero-order chi connectivity index (χ0) is 15.1. The summed E-state index contributed by atoms with van der Waals surface area (Å²) in [4.78, 5) is 0. The van der Waals surface area contributed by atoms with E-state index in [1.807, 2.05) is 6.07 Å². The Kier molecular flexibility index (Phi) is 5.88. The molecule has 1 N–H and O–H groups in total. The fraction of sp³-hybridized carbons (Fsp3) is 0.444. The summed E-state index contributed by atoms with van der Waals surface area (Å²) in [7, 11) is 1.67. The molecule has 3 heteroatoms. The van der Waals surface area contributed by atoms with Gasteiger partial charge < -0.3 is 14.8 Å². The molecule has 21 heavy (non-hydrogen) atoms. The maximum Gasteiger partial charge on any atom is 0.161 e. The molecule has 1 atom stereocenters. The van der Waals surface area contributed by atoms with Gasteiger partial charge in [0, 0.05) is 6.54 Å². The van der Waals surface area contributed by atoms with Crippen molar-refractivity contribution in [1.29, 1.82) is 0 Å². The van der Waals surface area contributed by atoms with Gasteiger partial charge in [0.05, 0.1) is 7.11 Å². The lowest BCUT2D eigenvalue weighted by molar-refractivity contribution is 0.320. The van der Waals surface area contributed by atoms with Crippen LogP contribution in [-0.2, 0) is 6.54 Å². The standard InChI is InChI=1S/C18H25NO2/c1-4-19-12-15-8-9-17(20-3)18(11-15)21-13-16-7-5-6-14(2)10-16/h5,7-11,14,19H,4,6,12-13H2,1-3H3. The molecule has 0 saturated carbocycles. The molecule has 0 aliphatic heterocycles. The van der Waals surface area contributed by atoms with Crippen molar-refractivity contribution in [1.82, 2.24) is 5.32 Å². The van der Waals surface area contributed by atoms with E-state index < -0.39 is 0 Å². The van der Waals surface area contributed by atoms with Gasteiger partial charge in [-0.1, -0.05) is 38.1 Å². The first-order chi connectivity index (χ1) is 10.2. The highest BCUT2D eigenvalue weighted by Gasteiger charge is 2.09. The average molecular weight is 287 g/mol. The molecule has 0 spiro atoms. The number of allylic oxidation sites excluding steroid dienone is 2. The SMILES string of the molecule is CCNCc1ccc(OC)c(OCC2=CC(C)CC=C2)c1. The third-order valence-corrected chi connectivity index (χ3v) is 3.54. The zero-order valence-corrected chi connectivity index (χ0v) is 13.2. The van der Waals surface area contributed by atoms with Gasteiger partial charge >= 0.3 is 0 Å². The quantitative estimate of drug-likeness (QED) is 0.829. The number of nitrogens with one attached hydrogen (secondary N) is 1. The van der Waals surface area contributed by atoms with Crippen LogP contribution in [0, 0.1) is 5.92 Å². The van der Waals surface area contributed by atoms with Gasteiger partial charge in [-0.25, -0.2) is 0 Å². The zero-order valence-electron chi connectivity index (χ0n) is 13.2. The van der Waals surface area contributed by atoms with Crippen molar-refractivity contribution in [2.24, 2.45) is 5.92 Å². The minimum absolute atomic E-state index is 0.585. The molecule has 0 heterocycles. The lowest BCUT2D eigenvalue weighted by Crippen LogP contribution is -2.12. The van der Waals surface area contributed by atoms with Gasteiger partial charge in [-0.15, -0.1) is 0 Å². The largest absolute Gasteiger partial charge is 0.493 e. The summed E-state index contributed by atoms with van der Waals surface area (Å²) in [5.74, 6) is 2.18. The van der Waals surface area contributed by atoms with Crippen molar-refractivity contribution < 1.29 is 9.47 Å². The highest BCUT2D eigenvalue weighted by atomic mass is 16.5. The molecule has 3 nitrogen and oxygen atoms in total. The molecular formula is C18H25NO2. The molecule has 0 amide bonds. The van der Waals surface area contributed by atoms with E-state index in [0.29, 0.717) is 12.5 Å². The minimum Gasteiger partial charge on any atom is -0.493 e. The molecule has 0 aromatic heterocycles. The summed E-state index contributed by atoms with van der Waals surface area (Å²) in [6.07, 6.45) is 7.75. The maximum atomic E-state index is 5.96. The van der Waals surface area contributed by atoms with Gasteiger partial charge in [-0.05, 0) is 42.2 Å². The molecule has 1 unspecified atom stereocenters. The van der Waals surface area contributed by atoms with Crippen LogP contribution in [0.1, 0.15) is 25.8 Å². The first kappa shape index (κ1) is 15.6. The van der Waals surface area contributed by atoms with Gasteiger partial charge in [-0.2, -0.15) is 0 Å². The molecule has 0 radical (unpaired) electrons. The van der Waals surface area contributed by atoms with Crippen LogP contribution in [0.5, 0.6) is 11.5 Å². The van der Waals surface area contributed by atoms with E-state index in [0.717, 1.165) is 31.0 Å². The third-order valence-electron chi connectivity index (χ3n) is 3.54. The summed E-state index contributed by atoms with van der Waals surface area (Å²) >= 11 is 0. The lowest BCUT2D eigenvalue weighted by Gasteiger charge is -2.15. The molecular weight excluding hydrogens is 262 g/mol. The van der Waals surface area contributed by atoms with E-state index in [1.165, 1.54) is 11.1 Å². The molecule has 0 fully saturated rings. The maximum absolute atomic E-state index is 5.96. The van der Waals surface area contributed by atoms with E-state index in [1.54, 1.807) is 7.11 Å². The average Bonchev–Trinajstić information content (AvgIpc) is 2.51. The summed E-state index contributed by atoms with van der Waals surface area (Å²) in [6.45, 7) is 6.71. The Morgan fingerprint density at radius 1 is 1.29 bits per heavy atom. The van der Waals surface area contributed by atoms with Crippen LogP contribution in [0.15, 0.2) is 42.0 Å². The Balaban J connectivity index is 2.04. The molecule has 2 rings (SSSR count). The number of hydrogen-bond donors (Lipinski definition) is 1. The topological polar surface area (TPSA) is 30.5 Å². The monoisotopic (exact) mass is 287 g/mol. The molecule has 1 aliphatic carbocycles. The third kappa shape index (κ3) is 4.64. The van der Waals surface area contributed by atoms with Crippen molar-refractivity contribution >= 4 is 0 Å². The summed E-state index contributed by atoms with van der Waals surface area (Å²) < 4.78 is 11.3. The van der Waals surface area contributed by atoms with Gasteiger partial charge in [0.15, 0.2) is 11.5 Å². The first-order valence-corrected chi connectivity index (χ1v) is 7.60. The predicted octanol–water partition coefficient (Wildman–Crippen LogP) is 3.71. The predicted molar refractivity (Wildman–Crippen MR) is 86.9 cm³/mol. The number of hydrogen-bond acceptors (Lipinski definition) is 3. The second-order valence-electron chi connectivity index (χ2n) is 5.41. The molecule has 0 saturated heterocycles. The van der Waals surface area contributed by atoms with E-state index in [-0.39, 0.29) is 0 Å². The minimum atomic E-state index is 0.585. The number of rotatable bonds is 7. The Hall–Kier alpha value is -1.74. The van der Waals surface area contributed by atoms with Crippen LogP contribution < -0.4 is 14.8 Å². The lowest BCUT2D eigenvalue weighted by atomic mass is 9.98. The molecule has 1 aliphatic rings. The molecule has 0 bridgehead atoms. The van der Waals surface area contributed by atoms with Crippen molar-refractivity contribution in [3.05, 3.63) is 47.6 Å². The normalized spacial score (nSPS) is 17.5. The second kappa shape index (κ2) is 7.89. The number of benzene rings is 1. The van der Waals surface area contributed by atoms with Crippen LogP contribution in [0.2, 0.25) is 0 Å². The Morgan fingerprint density at radius 3 is 2.86 bits per heavy atom. The molecule has 1 aromatic carbocycles. The van der Waals surface area contributed by atoms with Crippen molar-refractivity contribution in [3.8, 4) is 11.5 Å². The van der Waals surface area contributed by atoms with E-state index in [2.05, 4.69) is 49.5 Å². The Bertz CT molecular complexity index is 520. The second-order valence-corrected chi connectivity index (χ2v) is 5.41. The van der Waals surface area contributed by atoms with Crippen LogP contribution >= 0.6 is 0 Å². The van der Waals surface area contributed by atoms with Crippen molar-refractivity contribution in [2.45, 2.75) is 26.8 Å². The first-order valence-electron chi connectivity index (χ1n) is 7.60. The van der Waals surface area contributed by atoms with Crippen LogP contribution in [0.3, 0.4) is 0 Å². The Labute approximate surface area is 127 Å². The molecule has 114 valence electrons. The van der Waals surface area contributed by atoms with Crippen LogP contribution in [0.4, 0.5) is 0 Å². The van der Waals surface area contributed by atoms with Crippen LogP contribution in [-0.4, -0.2) is 20.3 Å². The van der Waals surface area contributed by atoms with Crippen molar-refractivity contribution in [2.75, 3.05) is 20.3 Å². The smallest absolute Gasteiger partial charge is 0.161 e. The Morgan fingerprint density at radius 2 is 2.14 bits per heavy atom. The van der Waals surface area contributed by atoms with Crippen molar-refractivity contribution in [3.63, 3.8) is 0 Å². The van der Waals surface area contributed by atoms with Gasteiger partial charge in [-0.3, -0.25) is 0 Å². The summed E-state index contributed by atoms with van der Waals surface area (Å²) in [5, 5.41) is 3.32. The highest BCUT2D eigenvalue weighted by Crippen LogP contribution is 2.29. The van der Waals surface area contributed by atoms with Gasteiger partial charge in [0.1, 0.15) is 6.61 Å². The summed E-state index contributed by atoms with van der Waals surface area (Å²) in [6, 6.07) is 6.09.